The van der Waals surface area contributed by atoms with Gasteiger partial charge in [0.15, 0.2) is 17.4 Å². The Bertz CT molecular complexity index is 676. The summed E-state index contributed by atoms with van der Waals surface area (Å²) >= 11 is 0. The molecule has 0 heterocycles. The average Bonchev–Trinajstić information content (AvgIpc) is 3.30. The van der Waals surface area contributed by atoms with Crippen LogP contribution < -0.4 is 4.74 Å². The van der Waals surface area contributed by atoms with Gasteiger partial charge in [0, 0.05) is 0 Å². The molecular weight excluding hydrogens is 404 g/mol. The van der Waals surface area contributed by atoms with Crippen molar-refractivity contribution in [3.8, 4) is 5.75 Å². The van der Waals surface area contributed by atoms with Crippen LogP contribution in [-0.4, -0.2) is 6.61 Å². The third kappa shape index (κ3) is 5.96. The normalized spacial score (nSPS) is 30.1. The van der Waals surface area contributed by atoms with Gasteiger partial charge in [0.05, 0.1) is 0 Å². The van der Waals surface area contributed by atoms with E-state index >= 15 is 0 Å². The molecule has 0 N–H and O–H groups in total. The molecule has 0 radical (unpaired) electrons. The van der Waals surface area contributed by atoms with Crippen LogP contribution in [0.4, 0.5) is 17.6 Å². The summed E-state index contributed by atoms with van der Waals surface area (Å²) in [4.78, 5) is 0. The lowest BCUT2D eigenvalue weighted by Gasteiger charge is -2.39. The lowest BCUT2D eigenvalue weighted by atomic mass is 9.67. The number of ether oxygens (including phenoxy) is 1. The van der Waals surface area contributed by atoms with Crippen LogP contribution in [-0.2, 0) is 6.42 Å². The number of hydrogen-bond acceptors (Lipinski definition) is 1. The van der Waals surface area contributed by atoms with Gasteiger partial charge in [-0.1, -0.05) is 38.5 Å². The van der Waals surface area contributed by atoms with Crippen LogP contribution in [0.15, 0.2) is 12.1 Å². The molecule has 0 aliphatic heterocycles. The number of alkyl halides is 2. The lowest BCUT2D eigenvalue weighted by Crippen LogP contribution is -2.27. The zero-order valence-electron chi connectivity index (χ0n) is 18.4. The summed E-state index contributed by atoms with van der Waals surface area (Å²) < 4.78 is 56.3. The predicted octanol–water partition coefficient (Wildman–Crippen LogP) is 8.30. The molecule has 0 aromatic heterocycles. The summed E-state index contributed by atoms with van der Waals surface area (Å²) in [6.45, 7) is -3.23. The number of aryl methyl sites for hydroxylation is 1. The van der Waals surface area contributed by atoms with Crippen LogP contribution in [0.1, 0.15) is 89.0 Å². The third-order valence-electron chi connectivity index (χ3n) is 8.55. The molecule has 0 spiro atoms. The van der Waals surface area contributed by atoms with Crippen LogP contribution in [0.3, 0.4) is 0 Å². The Morgan fingerprint density at radius 3 is 1.65 bits per heavy atom. The fourth-order valence-electron chi connectivity index (χ4n) is 6.79. The lowest BCUT2D eigenvalue weighted by molar-refractivity contribution is -0.0546. The quantitative estimate of drug-likeness (QED) is 0.387. The van der Waals surface area contributed by atoms with E-state index in [0.717, 1.165) is 42.2 Å². The van der Waals surface area contributed by atoms with E-state index in [9.17, 15) is 17.6 Å². The minimum Gasteiger partial charge on any atom is -0.429 e. The van der Waals surface area contributed by atoms with Crippen molar-refractivity contribution in [1.29, 1.82) is 0 Å². The average molecular weight is 441 g/mol. The van der Waals surface area contributed by atoms with Crippen LogP contribution in [0.25, 0.3) is 0 Å². The molecule has 5 heteroatoms. The molecule has 1 aromatic carbocycles. The summed E-state index contributed by atoms with van der Waals surface area (Å²) in [5.74, 6) is 1.29. The molecule has 0 unspecified atom stereocenters. The molecule has 0 atom stereocenters. The minimum absolute atomic E-state index is 0.518. The minimum atomic E-state index is -3.23. The summed E-state index contributed by atoms with van der Waals surface area (Å²) in [5, 5.41) is 0. The van der Waals surface area contributed by atoms with Crippen LogP contribution in [0, 0.1) is 41.2 Å². The number of hydrogen-bond donors (Lipinski definition) is 0. The Labute approximate surface area is 183 Å². The molecule has 0 amide bonds. The van der Waals surface area contributed by atoms with Gasteiger partial charge < -0.3 is 4.74 Å². The van der Waals surface area contributed by atoms with E-state index in [1.807, 2.05) is 0 Å². The standard InChI is InChI=1S/C26H36F4O/c27-23-15-18(16-24(28)25(23)31-26(29)30)6-5-17-7-9-20(10-8-17)22-13-11-21(12-14-22)19-3-1-2-4-19/h15-17,19-22,26H,1-14H2. The van der Waals surface area contributed by atoms with Crippen molar-refractivity contribution in [3.63, 3.8) is 0 Å². The first-order valence-electron chi connectivity index (χ1n) is 12.4. The Morgan fingerprint density at radius 2 is 1.16 bits per heavy atom. The maximum absolute atomic E-state index is 13.9. The van der Waals surface area contributed by atoms with Crippen LogP contribution in [0.5, 0.6) is 5.75 Å². The van der Waals surface area contributed by atoms with Crippen LogP contribution in [0.2, 0.25) is 0 Å². The second-order valence-corrected chi connectivity index (χ2v) is 10.3. The topological polar surface area (TPSA) is 9.23 Å². The molecule has 174 valence electrons. The molecule has 0 saturated heterocycles. The summed E-state index contributed by atoms with van der Waals surface area (Å²) in [6, 6.07) is 2.27. The van der Waals surface area contributed by atoms with E-state index < -0.39 is 24.0 Å². The highest BCUT2D eigenvalue weighted by Crippen LogP contribution is 2.46. The molecule has 3 aliphatic rings. The van der Waals surface area contributed by atoms with E-state index in [-0.39, 0.29) is 0 Å². The van der Waals surface area contributed by atoms with Crippen molar-refractivity contribution >= 4 is 0 Å². The molecule has 3 aliphatic carbocycles. The zero-order valence-corrected chi connectivity index (χ0v) is 18.4. The van der Waals surface area contributed by atoms with Crippen molar-refractivity contribution in [2.24, 2.45) is 29.6 Å². The maximum Gasteiger partial charge on any atom is 0.387 e. The molecule has 0 bridgehead atoms. The van der Waals surface area contributed by atoms with Gasteiger partial charge in [-0.25, -0.2) is 8.78 Å². The van der Waals surface area contributed by atoms with E-state index in [1.54, 1.807) is 0 Å². The van der Waals surface area contributed by atoms with E-state index in [4.69, 9.17) is 0 Å². The Morgan fingerprint density at radius 1 is 0.710 bits per heavy atom. The Balaban J connectivity index is 1.19. The fourth-order valence-corrected chi connectivity index (χ4v) is 6.79. The smallest absolute Gasteiger partial charge is 0.387 e. The predicted molar refractivity (Wildman–Crippen MR) is 114 cm³/mol. The fraction of sp³-hybridized carbons (Fsp3) is 0.769. The SMILES string of the molecule is Fc1cc(CCC2CCC(C3CCC(C4CCCC4)CC3)CC2)cc(F)c1OC(F)F. The van der Waals surface area contributed by atoms with E-state index in [2.05, 4.69) is 4.74 Å². The van der Waals surface area contributed by atoms with Crippen molar-refractivity contribution in [2.45, 2.75) is 96.5 Å². The highest BCUT2D eigenvalue weighted by atomic mass is 19.3. The molecule has 31 heavy (non-hydrogen) atoms. The second-order valence-electron chi connectivity index (χ2n) is 10.3. The second kappa shape index (κ2) is 10.6. The van der Waals surface area contributed by atoms with Gasteiger partial charge in [0.1, 0.15) is 0 Å². The van der Waals surface area contributed by atoms with Gasteiger partial charge in [-0.15, -0.1) is 0 Å². The molecule has 3 saturated carbocycles. The summed E-state index contributed by atoms with van der Waals surface area (Å²) in [5.41, 5.74) is 0.518. The molecule has 1 nitrogen and oxygen atoms in total. The summed E-state index contributed by atoms with van der Waals surface area (Å²) in [7, 11) is 0. The van der Waals surface area contributed by atoms with Gasteiger partial charge in [-0.3, -0.25) is 0 Å². The monoisotopic (exact) mass is 440 g/mol. The molecule has 1 aromatic rings. The van der Waals surface area contributed by atoms with Gasteiger partial charge in [-0.05, 0) is 98.7 Å². The van der Waals surface area contributed by atoms with Crippen molar-refractivity contribution in [3.05, 3.63) is 29.3 Å². The highest BCUT2D eigenvalue weighted by molar-refractivity contribution is 5.31. The molecular formula is C26H36F4O. The van der Waals surface area contributed by atoms with E-state index in [0.29, 0.717) is 17.9 Å². The van der Waals surface area contributed by atoms with Crippen molar-refractivity contribution < 1.29 is 22.3 Å². The number of halogens is 4. The summed E-state index contributed by atoms with van der Waals surface area (Å²) in [6.07, 6.45) is 18.0. The van der Waals surface area contributed by atoms with Crippen molar-refractivity contribution in [2.75, 3.05) is 0 Å². The third-order valence-corrected chi connectivity index (χ3v) is 8.55. The van der Waals surface area contributed by atoms with E-state index in [1.165, 1.54) is 77.0 Å². The first-order chi connectivity index (χ1) is 15.0. The first kappa shape index (κ1) is 22.9. The van der Waals surface area contributed by atoms with Crippen LogP contribution >= 0.6 is 0 Å². The number of rotatable bonds is 7. The Kier molecular flexibility index (Phi) is 7.81. The highest BCUT2D eigenvalue weighted by Gasteiger charge is 2.34. The number of benzene rings is 1. The molecule has 3 fully saturated rings. The van der Waals surface area contributed by atoms with Crippen molar-refractivity contribution in [1.82, 2.24) is 0 Å². The Hall–Kier alpha value is -1.26. The maximum atomic E-state index is 13.9. The first-order valence-corrected chi connectivity index (χ1v) is 12.4. The molecule has 4 rings (SSSR count). The van der Waals surface area contributed by atoms with Gasteiger partial charge in [0.25, 0.3) is 0 Å². The van der Waals surface area contributed by atoms with Gasteiger partial charge in [-0.2, -0.15) is 8.78 Å². The van der Waals surface area contributed by atoms with Gasteiger partial charge >= 0.3 is 6.61 Å². The van der Waals surface area contributed by atoms with Gasteiger partial charge in [0.2, 0.25) is 0 Å². The zero-order chi connectivity index (χ0) is 21.8. The largest absolute Gasteiger partial charge is 0.429 e.